The van der Waals surface area contributed by atoms with Crippen LogP contribution in [0.2, 0.25) is 0 Å². The Balaban J connectivity index is 0.000000650. The maximum Gasteiger partial charge on any atom is 0.196 e. The van der Waals surface area contributed by atoms with Crippen molar-refractivity contribution in [3.8, 4) is 0 Å². The van der Waals surface area contributed by atoms with Crippen molar-refractivity contribution < 1.29 is 8.94 Å². The molecule has 0 bridgehead atoms. The van der Waals surface area contributed by atoms with Gasteiger partial charge in [0.05, 0.1) is 52.2 Å². The number of aromatic nitrogens is 10. The van der Waals surface area contributed by atoms with Crippen molar-refractivity contribution in [3.05, 3.63) is 146 Å². The molecule has 0 spiro atoms. The largest absolute Gasteiger partial charge is 0.445 e. The van der Waals surface area contributed by atoms with Gasteiger partial charge in [-0.3, -0.25) is 15.1 Å². The molecule has 17 heteroatoms. The highest BCUT2D eigenvalue weighted by Gasteiger charge is 2.28. The van der Waals surface area contributed by atoms with Crippen molar-refractivity contribution in [2.45, 2.75) is 420 Å². The number of hydrogen-bond donors (Lipinski definition) is 1. The van der Waals surface area contributed by atoms with Crippen molar-refractivity contribution in [2.24, 2.45) is 66.0 Å². The zero-order chi connectivity index (χ0) is 90.8. The first-order valence-electron chi connectivity index (χ1n) is 44.2. The van der Waals surface area contributed by atoms with Crippen LogP contribution in [0.25, 0.3) is 0 Å². The topological polar surface area (TPSA) is 192 Å². The molecule has 3 aliphatic heterocycles. The molecule has 662 valence electrons. The molecule has 6 aromatic heterocycles. The first kappa shape index (κ1) is 108. The second kappa shape index (κ2) is 47.5. The maximum absolute atomic E-state index is 5.50. The zero-order valence-electron chi connectivity index (χ0n) is 83.7. The third-order valence-corrected chi connectivity index (χ3v) is 21.5. The molecule has 0 atom stereocenters. The molecule has 4 aliphatic rings. The van der Waals surface area contributed by atoms with Gasteiger partial charge in [0.15, 0.2) is 5.89 Å². The average Bonchev–Trinajstić information content (AvgIpc) is 1.71. The van der Waals surface area contributed by atoms with Crippen molar-refractivity contribution in [3.63, 3.8) is 0 Å². The van der Waals surface area contributed by atoms with Gasteiger partial charge in [0.1, 0.15) is 11.5 Å². The fourth-order valence-corrected chi connectivity index (χ4v) is 11.4. The van der Waals surface area contributed by atoms with Crippen LogP contribution in [0.5, 0.6) is 0 Å². The summed E-state index contributed by atoms with van der Waals surface area (Å²) in [5.74, 6) is 9.32. The molecule has 1 N–H and O–H groups in total. The highest BCUT2D eigenvalue weighted by Crippen LogP contribution is 2.37. The van der Waals surface area contributed by atoms with E-state index in [1.165, 1.54) is 62.4 Å². The Morgan fingerprint density at radius 2 is 0.940 bits per heavy atom. The predicted octanol–water partition coefficient (Wildman–Crippen LogP) is 30.4. The maximum atomic E-state index is 5.50. The van der Waals surface area contributed by atoms with Crippen LogP contribution in [-0.4, -0.2) is 72.1 Å². The monoisotopic (exact) mass is 1640 g/mol. The van der Waals surface area contributed by atoms with E-state index in [2.05, 4.69) is 421 Å². The van der Waals surface area contributed by atoms with Gasteiger partial charge in [-0.1, -0.05) is 324 Å². The van der Waals surface area contributed by atoms with Gasteiger partial charge in [-0.05, 0) is 146 Å². The van der Waals surface area contributed by atoms with Crippen molar-refractivity contribution in [1.82, 2.24) is 49.3 Å². The normalized spacial score (nSPS) is 14.5. The van der Waals surface area contributed by atoms with Gasteiger partial charge < -0.3 is 13.5 Å². The van der Waals surface area contributed by atoms with Crippen LogP contribution in [-0.2, 0) is 21.8 Å². The van der Waals surface area contributed by atoms with Gasteiger partial charge in [-0.25, -0.2) is 14.6 Å². The summed E-state index contributed by atoms with van der Waals surface area (Å²) >= 11 is 1.63. The van der Waals surface area contributed by atoms with Crippen LogP contribution in [0.15, 0.2) is 119 Å². The third-order valence-electron chi connectivity index (χ3n) is 20.2. The Bertz CT molecular complexity index is 3640. The molecule has 0 amide bonds. The number of oxazole rings is 1. The standard InChI is InChI=1S/C12H20.C11H19N.2C10H18N2.C10H17NO.C10H17NS.C10H17N.C9H17N3.C9H16N2.C9H15NO/c1-9(2)10-6-7-11(8-10)12(3,4)5;1-8(2)9-6-10(12-7-9)11(3,4)5;4*1-7(2)8-6-9(12-11-8)10(3,4)5;1-7(2)9-5-10(8(3)4)11-6-9;1-7(2)8-6-12(11-10-8)9(3,4)5;1-7(2)9-5-11(6-10-9)8(3)4;1-6(2)8-5-10-9(11-8)7(3)4/h6-7,9H,8H2,1-5H3;7-8H,6H2,1-5H3;7H,6H2,1-5H3;6-7H,1-5H3,(H,11,12);2*6-7H,1-5H3;6-8H,5H2,1-4H3;6-7H,1-5H3;5-8H,1-4H3;5-7H,1-4H3. The van der Waals surface area contributed by atoms with Gasteiger partial charge in [0.25, 0.3) is 0 Å². The first-order valence-corrected chi connectivity index (χ1v) is 44.9. The van der Waals surface area contributed by atoms with Crippen LogP contribution in [0.1, 0.15) is 455 Å². The van der Waals surface area contributed by atoms with E-state index < -0.39 is 0 Å². The number of nitrogens with zero attached hydrogens (tertiary/aromatic N) is 13. The first-order chi connectivity index (χ1) is 53.2. The summed E-state index contributed by atoms with van der Waals surface area (Å²) in [5, 5.41) is 27.9. The number of H-pyrrole nitrogens is 1. The summed E-state index contributed by atoms with van der Waals surface area (Å²) in [6, 6.07) is 6.96. The van der Waals surface area contributed by atoms with Crippen molar-refractivity contribution in [1.29, 1.82) is 0 Å². The summed E-state index contributed by atoms with van der Waals surface area (Å²) in [6.45, 7) is 102. The minimum absolute atomic E-state index is 0.0418. The lowest BCUT2D eigenvalue weighted by Gasteiger charge is -2.21. The Labute approximate surface area is 721 Å². The highest BCUT2D eigenvalue weighted by atomic mass is 32.1. The van der Waals surface area contributed by atoms with E-state index >= 15 is 0 Å². The molecule has 6 aromatic rings. The predicted molar refractivity (Wildman–Crippen MR) is 509 cm³/mol. The lowest BCUT2D eigenvalue weighted by molar-refractivity contribution is 0.324. The van der Waals surface area contributed by atoms with Gasteiger partial charge in [0, 0.05) is 117 Å². The highest BCUT2D eigenvalue weighted by molar-refractivity contribution is 7.06. The second-order valence-electron chi connectivity index (χ2n) is 43.4. The number of aromatic amines is 1. The molecule has 0 fully saturated rings. The summed E-state index contributed by atoms with van der Waals surface area (Å²) in [5.41, 5.74) is 19.4. The molecular weight excluding hydrogens is 1460 g/mol. The van der Waals surface area contributed by atoms with Gasteiger partial charge in [0.2, 0.25) is 0 Å². The van der Waals surface area contributed by atoms with Crippen LogP contribution in [0.4, 0.5) is 0 Å². The second-order valence-corrected chi connectivity index (χ2v) is 44.2. The van der Waals surface area contributed by atoms with Crippen molar-refractivity contribution >= 4 is 34.4 Å². The van der Waals surface area contributed by atoms with Crippen molar-refractivity contribution in [2.75, 3.05) is 0 Å². The molecule has 0 saturated heterocycles. The molecule has 0 unspecified atom stereocenters. The Kier molecular flexibility index (Phi) is 43.9. The lowest BCUT2D eigenvalue weighted by atomic mass is 9.84. The Morgan fingerprint density at radius 1 is 0.419 bits per heavy atom. The van der Waals surface area contributed by atoms with Crippen LogP contribution < -0.4 is 0 Å². The molecular formula is C100H174N14O2S. The van der Waals surface area contributed by atoms with E-state index in [-0.39, 0.29) is 32.6 Å². The van der Waals surface area contributed by atoms with Crippen LogP contribution in [0, 0.1) is 45.8 Å². The molecule has 0 aromatic carbocycles. The van der Waals surface area contributed by atoms with Crippen LogP contribution in [0.3, 0.4) is 0 Å². The summed E-state index contributed by atoms with van der Waals surface area (Å²) in [7, 11) is 0. The van der Waals surface area contributed by atoms with E-state index in [4.69, 9.17) is 8.94 Å². The molecule has 10 rings (SSSR count). The van der Waals surface area contributed by atoms with Gasteiger partial charge >= 0.3 is 0 Å². The number of imidazole rings is 1. The summed E-state index contributed by atoms with van der Waals surface area (Å²) in [6.07, 6.45) is 20.9. The molecule has 1 aliphatic carbocycles. The molecule has 9 heterocycles. The lowest BCUT2D eigenvalue weighted by Crippen LogP contribution is -2.22. The number of allylic oxidation sites excluding steroid dienone is 6. The van der Waals surface area contributed by atoms with E-state index in [1.807, 2.05) is 41.9 Å². The minimum Gasteiger partial charge on any atom is -0.445 e. The minimum atomic E-state index is 0.0418. The number of rotatable bonds is 13. The van der Waals surface area contributed by atoms with Crippen LogP contribution >= 0.6 is 11.5 Å². The quantitative estimate of drug-likeness (QED) is 0.117. The number of nitrogens with one attached hydrogen (secondary N) is 1. The number of hydrogen-bond acceptors (Lipinski definition) is 14. The number of aliphatic imine (C=N–C) groups is 2. The van der Waals surface area contributed by atoms with Gasteiger partial charge in [-0.2, -0.15) is 19.7 Å². The molecule has 0 saturated carbocycles. The zero-order valence-corrected chi connectivity index (χ0v) is 84.5. The van der Waals surface area contributed by atoms with Gasteiger partial charge in [-0.15, -0.1) is 5.10 Å². The van der Waals surface area contributed by atoms with E-state index in [0.717, 1.165) is 53.8 Å². The Morgan fingerprint density at radius 3 is 1.20 bits per heavy atom. The smallest absolute Gasteiger partial charge is 0.196 e. The fraction of sp³-hybridized carbons (Fsp3) is 0.710. The SMILES string of the molecule is CC(C)C1=CC=C(C(C)(C)C)C1.CC(C)C1=CN=C(C(C)(C)C)C1.CC(C)C1=CN=C(C(C)C)C1.CC(C)C1=NN=C(C(C)(C)C)C1.CC(C)c1cc(C(C)(C)C)n[nH]1.CC(C)c1cc(C(C)(C)C)on1.CC(C)c1cc(C(C)(C)C)sn1.CC(C)c1cn(C(C)(C)C)nn1.CC(C)c1cn(C(C)C)cn1.CC(C)c1cnc(C(C)C)o1. The van der Waals surface area contributed by atoms with E-state index in [0.29, 0.717) is 82.5 Å². The molecule has 0 radical (unpaired) electrons. The third kappa shape index (κ3) is 40.0. The Hall–Kier alpha value is -6.75. The van der Waals surface area contributed by atoms with E-state index in [9.17, 15) is 0 Å². The fourth-order valence-electron chi connectivity index (χ4n) is 10.5. The summed E-state index contributed by atoms with van der Waals surface area (Å²) < 4.78 is 19.2. The van der Waals surface area contributed by atoms with E-state index in [1.54, 1.807) is 22.7 Å². The molecule has 117 heavy (non-hydrogen) atoms. The average molecular weight is 1640 g/mol. The molecule has 16 nitrogen and oxygen atoms in total. The summed E-state index contributed by atoms with van der Waals surface area (Å²) in [4.78, 5) is 18.7.